The van der Waals surface area contributed by atoms with Crippen molar-refractivity contribution in [2.24, 2.45) is 0 Å². The van der Waals surface area contributed by atoms with E-state index in [-0.39, 0.29) is 12.0 Å². The molecular formula is C13H24N2O2. The van der Waals surface area contributed by atoms with Crippen LogP contribution in [0.5, 0.6) is 0 Å². The van der Waals surface area contributed by atoms with Crippen LogP contribution in [0.3, 0.4) is 0 Å². The molecule has 98 valence electrons. The van der Waals surface area contributed by atoms with E-state index in [0.717, 1.165) is 19.6 Å². The predicted molar refractivity (Wildman–Crippen MR) is 66.9 cm³/mol. The summed E-state index contributed by atoms with van der Waals surface area (Å²) in [6.45, 7) is 5.07. The Morgan fingerprint density at radius 1 is 1.35 bits per heavy atom. The van der Waals surface area contributed by atoms with Gasteiger partial charge in [0.25, 0.3) is 0 Å². The normalized spacial score (nSPS) is 27.9. The van der Waals surface area contributed by atoms with Gasteiger partial charge in [-0.3, -0.25) is 9.69 Å². The Morgan fingerprint density at radius 2 is 2.12 bits per heavy atom. The van der Waals surface area contributed by atoms with Gasteiger partial charge < -0.3 is 10.1 Å². The number of piperazine rings is 1. The topological polar surface area (TPSA) is 41.6 Å². The molecule has 2 fully saturated rings. The fraction of sp³-hybridized carbons (Fsp3) is 0.923. The molecule has 1 atom stereocenters. The fourth-order valence-corrected chi connectivity index (χ4v) is 3.03. The van der Waals surface area contributed by atoms with Gasteiger partial charge in [-0.05, 0) is 19.8 Å². The molecule has 0 radical (unpaired) electrons. The van der Waals surface area contributed by atoms with E-state index in [9.17, 15) is 4.79 Å². The Labute approximate surface area is 104 Å². The Bertz CT molecular complexity index is 252. The van der Waals surface area contributed by atoms with E-state index in [2.05, 4.69) is 10.2 Å². The molecule has 1 aliphatic heterocycles. The lowest BCUT2D eigenvalue weighted by molar-refractivity contribution is -0.151. The van der Waals surface area contributed by atoms with Crippen molar-refractivity contribution in [1.82, 2.24) is 10.2 Å². The summed E-state index contributed by atoms with van der Waals surface area (Å²) in [5.41, 5.74) is 0. The molecule has 0 aromatic heterocycles. The zero-order valence-corrected chi connectivity index (χ0v) is 10.8. The van der Waals surface area contributed by atoms with Gasteiger partial charge in [0, 0.05) is 25.7 Å². The number of hydrogen-bond donors (Lipinski definition) is 1. The molecule has 1 saturated heterocycles. The molecular weight excluding hydrogens is 216 g/mol. The largest absolute Gasteiger partial charge is 0.465 e. The van der Waals surface area contributed by atoms with Crippen molar-refractivity contribution in [3.63, 3.8) is 0 Å². The summed E-state index contributed by atoms with van der Waals surface area (Å²) >= 11 is 0. The molecule has 1 N–H and O–H groups in total. The third kappa shape index (κ3) is 3.19. The van der Waals surface area contributed by atoms with Gasteiger partial charge in [0.2, 0.25) is 0 Å². The lowest BCUT2D eigenvalue weighted by atomic mass is 9.92. The quantitative estimate of drug-likeness (QED) is 0.752. The summed E-state index contributed by atoms with van der Waals surface area (Å²) in [5.74, 6) is -0.0507. The van der Waals surface area contributed by atoms with Crippen LogP contribution in [0.4, 0.5) is 0 Å². The Balaban J connectivity index is 1.97. The van der Waals surface area contributed by atoms with Crippen LogP contribution < -0.4 is 5.32 Å². The number of nitrogens with one attached hydrogen (secondary N) is 1. The zero-order chi connectivity index (χ0) is 12.1. The molecule has 1 saturated carbocycles. The Hall–Kier alpha value is -0.610. The Kier molecular flexibility index (Phi) is 4.80. The summed E-state index contributed by atoms with van der Waals surface area (Å²) in [4.78, 5) is 14.3. The van der Waals surface area contributed by atoms with Crippen LogP contribution in [0, 0.1) is 0 Å². The molecule has 0 spiro atoms. The summed E-state index contributed by atoms with van der Waals surface area (Å²) in [7, 11) is 0. The monoisotopic (exact) mass is 240 g/mol. The van der Waals surface area contributed by atoms with E-state index in [4.69, 9.17) is 4.74 Å². The van der Waals surface area contributed by atoms with Crippen molar-refractivity contribution >= 4 is 5.97 Å². The fourth-order valence-electron chi connectivity index (χ4n) is 3.03. The van der Waals surface area contributed by atoms with E-state index < -0.39 is 0 Å². The average molecular weight is 240 g/mol. The number of hydrogen-bond acceptors (Lipinski definition) is 4. The minimum Gasteiger partial charge on any atom is -0.465 e. The van der Waals surface area contributed by atoms with Crippen molar-refractivity contribution < 1.29 is 9.53 Å². The highest BCUT2D eigenvalue weighted by molar-refractivity contribution is 5.76. The molecule has 0 amide bonds. The van der Waals surface area contributed by atoms with Crippen molar-refractivity contribution in [2.45, 2.75) is 51.1 Å². The summed E-state index contributed by atoms with van der Waals surface area (Å²) in [5, 5.41) is 3.30. The molecule has 2 rings (SSSR count). The van der Waals surface area contributed by atoms with Crippen LogP contribution in [0.25, 0.3) is 0 Å². The van der Waals surface area contributed by atoms with Crippen LogP contribution in [-0.2, 0) is 9.53 Å². The molecule has 4 nitrogen and oxygen atoms in total. The van der Waals surface area contributed by atoms with Crippen molar-refractivity contribution in [1.29, 1.82) is 0 Å². The number of nitrogens with zero attached hydrogens (tertiary/aromatic N) is 1. The number of esters is 1. The minimum absolute atomic E-state index is 0.0507. The molecule has 1 aliphatic carbocycles. The first-order valence-corrected chi connectivity index (χ1v) is 6.96. The van der Waals surface area contributed by atoms with Gasteiger partial charge in [0.15, 0.2) is 0 Å². The van der Waals surface area contributed by atoms with E-state index in [1.165, 1.54) is 32.1 Å². The third-order valence-electron chi connectivity index (χ3n) is 3.89. The van der Waals surface area contributed by atoms with Crippen LogP contribution >= 0.6 is 0 Å². The van der Waals surface area contributed by atoms with Gasteiger partial charge in [0.05, 0.1) is 6.61 Å². The van der Waals surface area contributed by atoms with E-state index >= 15 is 0 Å². The van der Waals surface area contributed by atoms with Gasteiger partial charge in [-0.25, -0.2) is 0 Å². The maximum absolute atomic E-state index is 11.9. The van der Waals surface area contributed by atoms with Gasteiger partial charge >= 0.3 is 5.97 Å². The first kappa shape index (κ1) is 12.8. The lowest BCUT2D eigenvalue weighted by Gasteiger charge is -2.41. The molecule has 1 heterocycles. The second kappa shape index (κ2) is 6.36. The summed E-state index contributed by atoms with van der Waals surface area (Å²) in [6.07, 6.45) is 6.47. The average Bonchev–Trinajstić information content (AvgIpc) is 2.40. The predicted octanol–water partition coefficient (Wildman–Crippen LogP) is 1.16. The smallest absolute Gasteiger partial charge is 0.324 e. The number of rotatable bonds is 3. The second-order valence-corrected chi connectivity index (χ2v) is 5.00. The third-order valence-corrected chi connectivity index (χ3v) is 3.89. The van der Waals surface area contributed by atoms with Gasteiger partial charge in [-0.2, -0.15) is 0 Å². The highest BCUT2D eigenvalue weighted by Gasteiger charge is 2.34. The number of carbonyl (C=O) groups is 1. The van der Waals surface area contributed by atoms with Gasteiger partial charge in [-0.15, -0.1) is 0 Å². The Morgan fingerprint density at radius 3 is 2.82 bits per heavy atom. The summed E-state index contributed by atoms with van der Waals surface area (Å²) < 4.78 is 5.18. The molecule has 0 aromatic rings. The molecule has 4 heteroatoms. The van der Waals surface area contributed by atoms with Gasteiger partial charge in [-0.1, -0.05) is 19.3 Å². The van der Waals surface area contributed by atoms with Crippen molar-refractivity contribution in [3.8, 4) is 0 Å². The van der Waals surface area contributed by atoms with Crippen LogP contribution in [0.2, 0.25) is 0 Å². The molecule has 17 heavy (non-hydrogen) atoms. The van der Waals surface area contributed by atoms with E-state index in [1.54, 1.807) is 0 Å². The maximum Gasteiger partial charge on any atom is 0.324 e. The zero-order valence-electron chi connectivity index (χ0n) is 10.8. The minimum atomic E-state index is -0.0631. The SMILES string of the molecule is CCOC(=O)C1CNCCN1C1CCCCC1. The first-order chi connectivity index (χ1) is 8.33. The summed E-state index contributed by atoms with van der Waals surface area (Å²) in [6, 6.07) is 0.534. The maximum atomic E-state index is 11.9. The van der Waals surface area contributed by atoms with E-state index in [0.29, 0.717) is 12.6 Å². The molecule has 2 aliphatic rings. The molecule has 1 unspecified atom stereocenters. The molecule has 0 bridgehead atoms. The highest BCUT2D eigenvalue weighted by atomic mass is 16.5. The van der Waals surface area contributed by atoms with Crippen LogP contribution in [-0.4, -0.2) is 49.2 Å². The van der Waals surface area contributed by atoms with Crippen molar-refractivity contribution in [3.05, 3.63) is 0 Å². The highest BCUT2D eigenvalue weighted by Crippen LogP contribution is 2.25. The standard InChI is InChI=1S/C13H24N2O2/c1-2-17-13(16)12-10-14-8-9-15(12)11-6-4-3-5-7-11/h11-12,14H,2-10H2,1H3. The number of carbonyl (C=O) groups excluding carboxylic acids is 1. The van der Waals surface area contributed by atoms with Gasteiger partial charge in [0.1, 0.15) is 6.04 Å². The van der Waals surface area contributed by atoms with Crippen LogP contribution in [0.1, 0.15) is 39.0 Å². The number of ether oxygens (including phenoxy) is 1. The van der Waals surface area contributed by atoms with E-state index in [1.807, 2.05) is 6.92 Å². The van der Waals surface area contributed by atoms with Crippen LogP contribution in [0.15, 0.2) is 0 Å². The second-order valence-electron chi connectivity index (χ2n) is 5.00. The molecule has 0 aromatic carbocycles. The van der Waals surface area contributed by atoms with Crippen molar-refractivity contribution in [2.75, 3.05) is 26.2 Å². The lowest BCUT2D eigenvalue weighted by Crippen LogP contribution is -2.59. The first-order valence-electron chi connectivity index (χ1n) is 6.96.